The first-order valence-corrected chi connectivity index (χ1v) is 21.1. The molecular weight excluding hydrogens is 799 g/mol. The van der Waals surface area contributed by atoms with Crippen LogP contribution in [-0.2, 0) is 19.1 Å². The lowest BCUT2D eigenvalue weighted by Crippen LogP contribution is -2.50. The number of aromatic amines is 2. The Kier molecular flexibility index (Phi) is 11.6. The van der Waals surface area contributed by atoms with Gasteiger partial charge in [0, 0.05) is 23.1 Å². The van der Waals surface area contributed by atoms with Crippen LogP contribution in [0.1, 0.15) is 72.6 Å². The van der Waals surface area contributed by atoms with Crippen LogP contribution in [0.4, 0.5) is 0 Å². The number of amides is 2. The Balaban J connectivity index is 0.862. The first-order valence-electron chi connectivity index (χ1n) is 20.3. The van der Waals surface area contributed by atoms with E-state index in [0.717, 1.165) is 76.5 Å². The zero-order valence-electron chi connectivity index (χ0n) is 33.4. The topological polar surface area (TPSA) is 132 Å². The summed E-state index contributed by atoms with van der Waals surface area (Å²) in [5.41, 5.74) is 7.41. The van der Waals surface area contributed by atoms with Gasteiger partial charge in [-0.2, -0.15) is 0 Å². The van der Waals surface area contributed by atoms with Crippen LogP contribution in [0, 0.1) is 0 Å². The molecule has 4 aromatic carbocycles. The minimum Gasteiger partial charge on any atom is -0.340 e. The predicted octanol–water partition coefficient (Wildman–Crippen LogP) is 8.69. The van der Waals surface area contributed by atoms with Crippen molar-refractivity contribution in [3.63, 3.8) is 0 Å². The van der Waals surface area contributed by atoms with Crippen LogP contribution < -0.4 is 5.32 Å². The van der Waals surface area contributed by atoms with Gasteiger partial charge in [-0.15, -0.1) is 0 Å². The number of carbonyl (C=O) groups excluding carboxylic acids is 2. The molecule has 0 radical (unpaired) electrons. The number of nitrogens with one attached hydrogen (secondary N) is 3. The van der Waals surface area contributed by atoms with E-state index in [2.05, 4.69) is 63.8 Å². The largest absolute Gasteiger partial charge is 0.340 e. The normalized spacial score (nSPS) is 19.1. The van der Waals surface area contributed by atoms with Crippen molar-refractivity contribution in [2.75, 3.05) is 34.0 Å². The predicted molar refractivity (Wildman–Crippen MR) is 230 cm³/mol. The quantitative estimate of drug-likeness (QED) is 0.112. The van der Waals surface area contributed by atoms with Crippen LogP contribution in [-0.4, -0.2) is 86.8 Å². The van der Waals surface area contributed by atoms with Crippen LogP contribution in [0.5, 0.6) is 0 Å². The van der Waals surface area contributed by atoms with Crippen molar-refractivity contribution in [1.29, 1.82) is 0 Å². The number of nitrogens with zero attached hydrogens (tertiary/aromatic N) is 5. The number of likely N-dealkylation sites (tertiary alicyclic amines) is 2. The minimum atomic E-state index is -0.736. The number of likely N-dealkylation sites (N-methyl/N-ethyl adjacent to an activating group) is 1. The standard InChI is InChI=1S/C46H46Cl2N8O4/c1-54(2)41(33-10-4-6-12-35(33)48)45(58)56-24-8-14-39(56)43-50-26-37(52-43)31-21-17-29(18-22-31)28-15-19-30(20-16-28)36-25-49-42(51-36)38-13-7-23-55(38)44(57)40(53-46-59-27-60-46)32-9-3-5-11-34(32)47/h3-6,9-12,15-22,25-26,38-41,46,53H,7-8,13-14,23-24,27H2,1-2H3,(H,49,51)(H,50,52)/t38-,39-,40+,41+/m0/s1. The summed E-state index contributed by atoms with van der Waals surface area (Å²) in [6.45, 7) is 1.45. The third-order valence-electron chi connectivity index (χ3n) is 11.8. The summed E-state index contributed by atoms with van der Waals surface area (Å²) in [5, 5.41) is 4.26. The average Bonchev–Trinajstić information content (AvgIpc) is 4.09. The number of hydrogen-bond acceptors (Lipinski definition) is 8. The lowest BCUT2D eigenvalue weighted by atomic mass is 10.0. The van der Waals surface area contributed by atoms with E-state index in [0.29, 0.717) is 28.7 Å². The Morgan fingerprint density at radius 1 is 0.683 bits per heavy atom. The third kappa shape index (κ3) is 7.99. The molecule has 0 spiro atoms. The second-order valence-electron chi connectivity index (χ2n) is 15.7. The SMILES string of the molecule is CN(C)[C@@H](C(=O)N1CCC[C@H]1c1ncc(-c2ccc(-c3ccc(-c4cnc([C@@H]5CCCN5C(=O)[C@H](NC5OCO5)c5ccccc5Cl)[nH]4)cc3)cc2)[nH]1)c1ccccc1Cl. The van der Waals surface area contributed by atoms with Crippen molar-refractivity contribution in [2.45, 2.75) is 56.3 Å². The highest BCUT2D eigenvalue weighted by Crippen LogP contribution is 2.38. The summed E-state index contributed by atoms with van der Waals surface area (Å²) in [4.78, 5) is 50.4. The molecular formula is C46H46Cl2N8O4. The molecule has 60 heavy (non-hydrogen) atoms. The van der Waals surface area contributed by atoms with Gasteiger partial charge in [-0.25, -0.2) is 9.97 Å². The Morgan fingerprint density at radius 2 is 1.15 bits per heavy atom. The molecule has 0 unspecified atom stereocenters. The fourth-order valence-corrected chi connectivity index (χ4v) is 9.13. The van der Waals surface area contributed by atoms with Gasteiger partial charge in [-0.05, 0) is 85.3 Å². The van der Waals surface area contributed by atoms with Gasteiger partial charge < -0.3 is 29.2 Å². The van der Waals surface area contributed by atoms with Crippen molar-refractivity contribution in [1.82, 2.24) is 40.0 Å². The molecule has 4 atom stereocenters. The minimum absolute atomic E-state index is 0.0205. The van der Waals surface area contributed by atoms with Gasteiger partial charge in [0.05, 0.1) is 35.9 Å². The lowest BCUT2D eigenvalue weighted by Gasteiger charge is -2.34. The van der Waals surface area contributed by atoms with E-state index >= 15 is 0 Å². The molecule has 2 aromatic heterocycles. The summed E-state index contributed by atoms with van der Waals surface area (Å²) < 4.78 is 10.9. The smallest absolute Gasteiger partial charge is 0.245 e. The van der Waals surface area contributed by atoms with E-state index in [4.69, 9.17) is 42.6 Å². The van der Waals surface area contributed by atoms with E-state index in [-0.39, 0.29) is 30.7 Å². The average molecular weight is 846 g/mol. The van der Waals surface area contributed by atoms with Crippen LogP contribution in [0.25, 0.3) is 33.6 Å². The maximum absolute atomic E-state index is 14.1. The Labute approximate surface area is 358 Å². The highest BCUT2D eigenvalue weighted by atomic mass is 35.5. The molecule has 12 nitrogen and oxygen atoms in total. The first-order chi connectivity index (χ1) is 29.2. The van der Waals surface area contributed by atoms with E-state index in [1.54, 1.807) is 6.07 Å². The van der Waals surface area contributed by atoms with Gasteiger partial charge in [0.15, 0.2) is 6.79 Å². The van der Waals surface area contributed by atoms with Crippen LogP contribution in [0.3, 0.4) is 0 Å². The highest BCUT2D eigenvalue weighted by Gasteiger charge is 2.40. The summed E-state index contributed by atoms with van der Waals surface area (Å²) in [6, 6.07) is 30.1. The van der Waals surface area contributed by atoms with Gasteiger partial charge >= 0.3 is 0 Å². The summed E-state index contributed by atoms with van der Waals surface area (Å²) in [5.74, 6) is 1.44. The molecule has 0 saturated carbocycles. The van der Waals surface area contributed by atoms with Gasteiger partial charge in [0.1, 0.15) is 23.7 Å². The molecule has 5 heterocycles. The highest BCUT2D eigenvalue weighted by molar-refractivity contribution is 6.32. The molecule has 9 rings (SSSR count). The van der Waals surface area contributed by atoms with Crippen LogP contribution >= 0.6 is 23.2 Å². The van der Waals surface area contributed by atoms with Crippen molar-refractivity contribution in [2.24, 2.45) is 0 Å². The zero-order chi connectivity index (χ0) is 41.3. The molecule has 3 aliphatic rings. The zero-order valence-corrected chi connectivity index (χ0v) is 34.9. The summed E-state index contributed by atoms with van der Waals surface area (Å²) in [7, 11) is 3.82. The van der Waals surface area contributed by atoms with Crippen LogP contribution in [0.15, 0.2) is 109 Å². The Morgan fingerprint density at radius 3 is 1.62 bits per heavy atom. The maximum atomic E-state index is 14.1. The number of hydrogen-bond donors (Lipinski definition) is 3. The molecule has 3 aliphatic heterocycles. The van der Waals surface area contributed by atoms with E-state index in [1.807, 2.05) is 83.7 Å². The van der Waals surface area contributed by atoms with Gasteiger partial charge in [0.25, 0.3) is 0 Å². The summed E-state index contributed by atoms with van der Waals surface area (Å²) in [6.07, 6.45) is 6.40. The second kappa shape index (κ2) is 17.3. The number of aromatic nitrogens is 4. The van der Waals surface area contributed by atoms with Gasteiger partial charge in [0.2, 0.25) is 18.2 Å². The Bertz CT molecular complexity index is 2470. The molecule has 14 heteroatoms. The van der Waals surface area contributed by atoms with Crippen molar-refractivity contribution in [3.8, 4) is 33.6 Å². The monoisotopic (exact) mass is 844 g/mol. The number of benzene rings is 4. The molecule has 0 bridgehead atoms. The number of ether oxygens (including phenoxy) is 2. The number of rotatable bonds is 12. The van der Waals surface area contributed by atoms with Crippen molar-refractivity contribution in [3.05, 3.63) is 142 Å². The van der Waals surface area contributed by atoms with Crippen molar-refractivity contribution < 1.29 is 19.1 Å². The molecule has 0 aliphatic carbocycles. The number of imidazole rings is 2. The number of carbonyl (C=O) groups is 2. The van der Waals surface area contributed by atoms with Gasteiger partial charge in [-0.1, -0.05) is 108 Å². The van der Waals surface area contributed by atoms with E-state index < -0.39 is 18.5 Å². The number of halogens is 2. The van der Waals surface area contributed by atoms with Gasteiger partial charge in [-0.3, -0.25) is 19.8 Å². The van der Waals surface area contributed by atoms with E-state index in [1.165, 1.54) is 0 Å². The number of H-pyrrole nitrogens is 2. The van der Waals surface area contributed by atoms with Crippen molar-refractivity contribution >= 4 is 35.0 Å². The molecule has 3 N–H and O–H groups in total. The summed E-state index contributed by atoms with van der Waals surface area (Å²) >= 11 is 13.1. The third-order valence-corrected chi connectivity index (χ3v) is 12.5. The van der Waals surface area contributed by atoms with Crippen LogP contribution in [0.2, 0.25) is 10.0 Å². The first kappa shape index (κ1) is 40.1. The molecule has 2 amide bonds. The Hall–Kier alpha value is -5.34. The lowest BCUT2D eigenvalue weighted by molar-refractivity contribution is -0.335. The second-order valence-corrected chi connectivity index (χ2v) is 16.5. The fraction of sp³-hybridized carbons (Fsp3) is 0.304. The van der Waals surface area contributed by atoms with E-state index in [9.17, 15) is 9.59 Å². The molecule has 308 valence electrons. The molecule has 3 saturated heterocycles. The molecule has 3 fully saturated rings. The maximum Gasteiger partial charge on any atom is 0.245 e. The fourth-order valence-electron chi connectivity index (χ4n) is 8.64. The molecule has 6 aromatic rings.